The lowest BCUT2D eigenvalue weighted by molar-refractivity contribution is 0.412. The molecule has 2 N–H and O–H groups in total. The van der Waals surface area contributed by atoms with Gasteiger partial charge in [-0.3, -0.25) is 0 Å². The summed E-state index contributed by atoms with van der Waals surface area (Å²) in [6.45, 7) is 4.75. The minimum Gasteiger partial charge on any atom is -0.310 e. The Hall–Kier alpha value is -0.980. The fourth-order valence-electron chi connectivity index (χ4n) is 2.03. The summed E-state index contributed by atoms with van der Waals surface area (Å²) in [5.41, 5.74) is 1.01. The van der Waals surface area contributed by atoms with Gasteiger partial charge in [0.2, 0.25) is 10.0 Å². The fraction of sp³-hybridized carbons (Fsp3) is 0.571. The molecule has 0 aromatic heterocycles. The van der Waals surface area contributed by atoms with Gasteiger partial charge in [0.25, 0.3) is 0 Å². The molecular formula is C14H23FN2O2S. The van der Waals surface area contributed by atoms with Gasteiger partial charge in [0.1, 0.15) is 5.82 Å². The molecule has 1 rings (SSSR count). The molecule has 0 saturated heterocycles. The summed E-state index contributed by atoms with van der Waals surface area (Å²) in [6, 6.07) is 6.50. The molecule has 0 heterocycles. The highest BCUT2D eigenvalue weighted by molar-refractivity contribution is 7.89. The molecule has 4 nitrogen and oxygen atoms in total. The van der Waals surface area contributed by atoms with E-state index in [0.717, 1.165) is 5.56 Å². The van der Waals surface area contributed by atoms with Gasteiger partial charge >= 0.3 is 0 Å². The number of halogens is 1. The average Bonchev–Trinajstić information content (AvgIpc) is 2.40. The Morgan fingerprint density at radius 1 is 1.20 bits per heavy atom. The zero-order valence-corrected chi connectivity index (χ0v) is 13.0. The van der Waals surface area contributed by atoms with Crippen molar-refractivity contribution in [3.63, 3.8) is 0 Å². The molecule has 0 aliphatic carbocycles. The monoisotopic (exact) mass is 302 g/mol. The first-order valence-corrected chi connectivity index (χ1v) is 8.41. The third-order valence-electron chi connectivity index (χ3n) is 3.16. The Morgan fingerprint density at radius 3 is 2.30 bits per heavy atom. The molecule has 20 heavy (non-hydrogen) atoms. The van der Waals surface area contributed by atoms with E-state index in [1.54, 1.807) is 12.1 Å². The van der Waals surface area contributed by atoms with Gasteiger partial charge in [-0.15, -0.1) is 0 Å². The predicted octanol–water partition coefficient (Wildman–Crippen LogP) is 2.05. The molecule has 0 aliphatic rings. The maximum atomic E-state index is 12.9. The van der Waals surface area contributed by atoms with E-state index < -0.39 is 10.0 Å². The third kappa shape index (κ3) is 5.56. The van der Waals surface area contributed by atoms with Crippen molar-refractivity contribution in [3.8, 4) is 0 Å². The highest BCUT2D eigenvalue weighted by atomic mass is 32.2. The summed E-state index contributed by atoms with van der Waals surface area (Å²) < 4.78 is 37.8. The van der Waals surface area contributed by atoms with Gasteiger partial charge < -0.3 is 5.32 Å². The lowest BCUT2D eigenvalue weighted by Crippen LogP contribution is -2.29. The summed E-state index contributed by atoms with van der Waals surface area (Å²) in [4.78, 5) is 0. The number of hydrogen-bond acceptors (Lipinski definition) is 3. The summed E-state index contributed by atoms with van der Waals surface area (Å²) >= 11 is 0. The van der Waals surface area contributed by atoms with Crippen LogP contribution in [0.1, 0.15) is 31.9 Å². The molecule has 1 aromatic carbocycles. The van der Waals surface area contributed by atoms with Crippen LogP contribution < -0.4 is 10.0 Å². The van der Waals surface area contributed by atoms with Crippen LogP contribution in [-0.2, 0) is 10.0 Å². The van der Waals surface area contributed by atoms with Crippen LogP contribution in [0.4, 0.5) is 4.39 Å². The van der Waals surface area contributed by atoms with E-state index in [-0.39, 0.29) is 17.6 Å². The van der Waals surface area contributed by atoms with Crippen molar-refractivity contribution in [1.82, 2.24) is 10.0 Å². The first-order chi connectivity index (χ1) is 9.35. The van der Waals surface area contributed by atoms with Crippen molar-refractivity contribution >= 4 is 10.0 Å². The predicted molar refractivity (Wildman–Crippen MR) is 79.4 cm³/mol. The van der Waals surface area contributed by atoms with Gasteiger partial charge in [-0.2, -0.15) is 0 Å². The maximum absolute atomic E-state index is 12.9. The Kier molecular flexibility index (Phi) is 6.58. The van der Waals surface area contributed by atoms with Crippen molar-refractivity contribution in [2.75, 3.05) is 19.3 Å². The smallest absolute Gasteiger partial charge is 0.211 e. The molecule has 6 heteroatoms. The Labute approximate surface area is 120 Å². The molecule has 114 valence electrons. The molecule has 1 unspecified atom stereocenters. The molecule has 0 radical (unpaired) electrons. The largest absolute Gasteiger partial charge is 0.310 e. The van der Waals surface area contributed by atoms with Crippen LogP contribution in [0.15, 0.2) is 24.3 Å². The molecule has 0 spiro atoms. The summed E-state index contributed by atoms with van der Waals surface area (Å²) in [6.07, 6.45) is 0.535. The molecule has 0 bridgehead atoms. The second-order valence-electron chi connectivity index (χ2n) is 5.10. The zero-order chi connectivity index (χ0) is 15.2. The van der Waals surface area contributed by atoms with Crippen molar-refractivity contribution in [3.05, 3.63) is 35.6 Å². The summed E-state index contributed by atoms with van der Waals surface area (Å²) in [7, 11) is -1.73. The van der Waals surface area contributed by atoms with E-state index in [2.05, 4.69) is 23.9 Å². The molecule has 0 fully saturated rings. The lowest BCUT2D eigenvalue weighted by atomic mass is 9.96. The average molecular weight is 302 g/mol. The number of rotatable bonds is 8. The van der Waals surface area contributed by atoms with Crippen molar-refractivity contribution < 1.29 is 12.8 Å². The van der Waals surface area contributed by atoms with E-state index in [4.69, 9.17) is 0 Å². The highest BCUT2D eigenvalue weighted by Gasteiger charge is 2.15. The van der Waals surface area contributed by atoms with E-state index in [9.17, 15) is 12.8 Å². The Balaban J connectivity index is 2.54. The van der Waals surface area contributed by atoms with Gasteiger partial charge in [-0.25, -0.2) is 17.5 Å². The first kappa shape index (κ1) is 17.1. The fourth-order valence-corrected chi connectivity index (χ4v) is 2.76. The third-order valence-corrected chi connectivity index (χ3v) is 4.61. The van der Waals surface area contributed by atoms with Crippen LogP contribution in [0.25, 0.3) is 0 Å². The minimum absolute atomic E-state index is 0.0906. The van der Waals surface area contributed by atoms with E-state index in [0.29, 0.717) is 18.9 Å². The lowest BCUT2D eigenvalue weighted by Gasteiger charge is -2.23. The molecule has 0 amide bonds. The quantitative estimate of drug-likeness (QED) is 0.723. The van der Waals surface area contributed by atoms with E-state index >= 15 is 0 Å². The van der Waals surface area contributed by atoms with Gasteiger partial charge in [0.05, 0.1) is 5.75 Å². The Morgan fingerprint density at radius 2 is 1.80 bits per heavy atom. The minimum atomic E-state index is -3.15. The van der Waals surface area contributed by atoms with Gasteiger partial charge in [-0.1, -0.05) is 26.0 Å². The maximum Gasteiger partial charge on any atom is 0.211 e. The SMILES string of the molecule is CNS(=O)(=O)CCCNC(c1ccc(F)cc1)C(C)C. The Bertz CT molecular complexity index is 500. The highest BCUT2D eigenvalue weighted by Crippen LogP contribution is 2.21. The van der Waals surface area contributed by atoms with E-state index in [1.165, 1.54) is 19.2 Å². The number of sulfonamides is 1. The number of hydrogen-bond donors (Lipinski definition) is 2. The number of nitrogens with one attached hydrogen (secondary N) is 2. The second kappa shape index (κ2) is 7.71. The molecule has 1 aromatic rings. The molecular weight excluding hydrogens is 279 g/mol. The number of benzene rings is 1. The normalized spacial score (nSPS) is 13.7. The first-order valence-electron chi connectivity index (χ1n) is 6.76. The summed E-state index contributed by atoms with van der Waals surface area (Å²) in [5.74, 6) is 0.183. The van der Waals surface area contributed by atoms with Crippen molar-refractivity contribution in [2.24, 2.45) is 5.92 Å². The molecule has 0 aliphatic heterocycles. The van der Waals surface area contributed by atoms with Crippen LogP contribution in [0.5, 0.6) is 0 Å². The van der Waals surface area contributed by atoms with Gasteiger partial charge in [-0.05, 0) is 43.6 Å². The standard InChI is InChI=1S/C14H23FN2O2S/c1-11(2)14(12-5-7-13(15)8-6-12)17-9-4-10-20(18,19)16-3/h5-8,11,14,16-17H,4,9-10H2,1-3H3. The van der Waals surface area contributed by atoms with Crippen molar-refractivity contribution in [2.45, 2.75) is 26.3 Å². The van der Waals surface area contributed by atoms with Crippen LogP contribution in [0.2, 0.25) is 0 Å². The zero-order valence-electron chi connectivity index (χ0n) is 12.2. The van der Waals surface area contributed by atoms with Crippen LogP contribution in [0, 0.1) is 11.7 Å². The van der Waals surface area contributed by atoms with Gasteiger partial charge in [0, 0.05) is 6.04 Å². The van der Waals surface area contributed by atoms with Crippen molar-refractivity contribution in [1.29, 1.82) is 0 Å². The van der Waals surface area contributed by atoms with E-state index in [1.807, 2.05) is 0 Å². The van der Waals surface area contributed by atoms with Crippen LogP contribution >= 0.6 is 0 Å². The summed E-state index contributed by atoms with van der Waals surface area (Å²) in [5, 5.41) is 3.34. The second-order valence-corrected chi connectivity index (χ2v) is 7.15. The van der Waals surface area contributed by atoms with Crippen LogP contribution in [-0.4, -0.2) is 27.8 Å². The van der Waals surface area contributed by atoms with Gasteiger partial charge in [0.15, 0.2) is 0 Å². The topological polar surface area (TPSA) is 58.2 Å². The molecule has 1 atom stereocenters. The molecule has 0 saturated carbocycles. The van der Waals surface area contributed by atoms with Crippen LogP contribution in [0.3, 0.4) is 0 Å².